The Morgan fingerprint density at radius 1 is 1.26 bits per heavy atom. The Labute approximate surface area is 120 Å². The van der Waals surface area contributed by atoms with E-state index in [0.29, 0.717) is 16.3 Å². The van der Waals surface area contributed by atoms with Crippen molar-refractivity contribution in [3.8, 4) is 0 Å². The number of halogens is 1. The van der Waals surface area contributed by atoms with E-state index in [-0.39, 0.29) is 16.9 Å². The van der Waals surface area contributed by atoms with Gasteiger partial charge in [-0.15, -0.1) is 0 Å². The van der Waals surface area contributed by atoms with E-state index in [9.17, 15) is 4.79 Å². The smallest absolute Gasteiger partial charge is 0.253 e. The summed E-state index contributed by atoms with van der Waals surface area (Å²) >= 11 is 5.90. The molecule has 1 aromatic carbocycles. The van der Waals surface area contributed by atoms with Crippen LogP contribution in [-0.4, -0.2) is 11.4 Å². The first kappa shape index (κ1) is 15.8. The van der Waals surface area contributed by atoms with Gasteiger partial charge in [0, 0.05) is 16.2 Å². The maximum Gasteiger partial charge on any atom is 0.253 e. The highest BCUT2D eigenvalue weighted by atomic mass is 35.5. The fourth-order valence-corrected chi connectivity index (χ4v) is 2.64. The van der Waals surface area contributed by atoms with Crippen molar-refractivity contribution in [1.82, 2.24) is 5.32 Å². The van der Waals surface area contributed by atoms with Crippen LogP contribution < -0.4 is 11.1 Å². The molecule has 1 rings (SSSR count). The minimum Gasteiger partial charge on any atom is -0.398 e. The van der Waals surface area contributed by atoms with Crippen LogP contribution in [-0.2, 0) is 0 Å². The van der Waals surface area contributed by atoms with E-state index in [1.54, 1.807) is 18.2 Å². The molecule has 3 nitrogen and oxygen atoms in total. The second-order valence-electron chi connectivity index (χ2n) is 6.81. The number of carbonyl (C=O) groups is 1. The number of rotatable bonds is 3. The van der Waals surface area contributed by atoms with Crippen molar-refractivity contribution in [2.24, 2.45) is 5.41 Å². The van der Waals surface area contributed by atoms with Crippen LogP contribution >= 0.6 is 11.6 Å². The van der Waals surface area contributed by atoms with Crippen LogP contribution in [0.1, 0.15) is 51.4 Å². The molecule has 106 valence electrons. The molecule has 1 amide bonds. The molecule has 0 radical (unpaired) electrons. The summed E-state index contributed by atoms with van der Waals surface area (Å²) in [7, 11) is 0. The van der Waals surface area contributed by atoms with Gasteiger partial charge in [-0.3, -0.25) is 4.79 Å². The Bertz CT molecular complexity index is 476. The van der Waals surface area contributed by atoms with Crippen molar-refractivity contribution in [3.63, 3.8) is 0 Å². The van der Waals surface area contributed by atoms with E-state index in [1.807, 2.05) is 13.8 Å². The first-order valence-electron chi connectivity index (χ1n) is 6.38. The van der Waals surface area contributed by atoms with Gasteiger partial charge < -0.3 is 11.1 Å². The molecule has 0 aliphatic heterocycles. The average molecular weight is 283 g/mol. The lowest BCUT2D eigenvalue weighted by atomic mass is 9.81. The van der Waals surface area contributed by atoms with Crippen LogP contribution in [0.2, 0.25) is 5.02 Å². The normalized spacial score (nSPS) is 12.3. The summed E-state index contributed by atoms with van der Waals surface area (Å²) in [5, 5.41) is 3.53. The molecular weight excluding hydrogens is 260 g/mol. The number of hydrogen-bond donors (Lipinski definition) is 2. The molecule has 0 aromatic heterocycles. The summed E-state index contributed by atoms with van der Waals surface area (Å²) in [6, 6.07) is 4.92. The lowest BCUT2D eigenvalue weighted by molar-refractivity contribution is 0.0892. The van der Waals surface area contributed by atoms with Gasteiger partial charge >= 0.3 is 0 Å². The zero-order valence-electron chi connectivity index (χ0n) is 12.3. The molecule has 0 aliphatic rings. The summed E-state index contributed by atoms with van der Waals surface area (Å²) in [5.74, 6) is -0.186. The van der Waals surface area contributed by atoms with E-state index >= 15 is 0 Å². The van der Waals surface area contributed by atoms with Crippen molar-refractivity contribution in [3.05, 3.63) is 28.8 Å². The number of hydrogen-bond acceptors (Lipinski definition) is 2. The molecule has 1 aromatic rings. The summed E-state index contributed by atoms with van der Waals surface area (Å²) in [6.45, 7) is 10.5. The van der Waals surface area contributed by atoms with Crippen LogP contribution in [0.25, 0.3) is 0 Å². The van der Waals surface area contributed by atoms with Gasteiger partial charge in [0.1, 0.15) is 0 Å². The fourth-order valence-electron chi connectivity index (χ4n) is 2.47. The Kier molecular flexibility index (Phi) is 4.51. The van der Waals surface area contributed by atoms with E-state index in [1.165, 1.54) is 0 Å². The lowest BCUT2D eigenvalue weighted by Gasteiger charge is -2.33. The molecule has 0 spiro atoms. The summed E-state index contributed by atoms with van der Waals surface area (Å²) in [4.78, 5) is 12.3. The highest BCUT2D eigenvalue weighted by molar-refractivity contribution is 6.31. The minimum absolute atomic E-state index is 0.136. The third-order valence-electron chi connectivity index (χ3n) is 2.68. The molecule has 4 heteroatoms. The van der Waals surface area contributed by atoms with Crippen molar-refractivity contribution >= 4 is 23.2 Å². The van der Waals surface area contributed by atoms with Crippen LogP contribution in [0.3, 0.4) is 0 Å². The number of nitrogens with one attached hydrogen (secondary N) is 1. The third-order valence-corrected chi connectivity index (χ3v) is 2.92. The molecule has 0 saturated carbocycles. The Hall–Kier alpha value is -1.22. The third kappa shape index (κ3) is 5.11. The van der Waals surface area contributed by atoms with Crippen LogP contribution in [0.5, 0.6) is 0 Å². The predicted octanol–water partition coefficient (Wildman–Crippen LogP) is 3.87. The Morgan fingerprint density at radius 3 is 2.37 bits per heavy atom. The van der Waals surface area contributed by atoms with Gasteiger partial charge in [0.15, 0.2) is 0 Å². The fraction of sp³-hybridized carbons (Fsp3) is 0.533. The molecule has 0 fully saturated rings. The standard InChI is InChI=1S/C15H23ClN2O/c1-14(2,3)9-15(4,5)18-13(19)11-8-10(16)6-7-12(11)17/h6-8H,9,17H2,1-5H3,(H,18,19). The molecule has 0 atom stereocenters. The zero-order valence-corrected chi connectivity index (χ0v) is 13.1. The first-order chi connectivity index (χ1) is 8.50. The summed E-state index contributed by atoms with van der Waals surface area (Å²) in [6.07, 6.45) is 0.867. The number of benzene rings is 1. The second-order valence-corrected chi connectivity index (χ2v) is 7.24. The maximum absolute atomic E-state index is 12.3. The lowest BCUT2D eigenvalue weighted by Crippen LogP contribution is -2.46. The zero-order chi connectivity index (χ0) is 14.8. The molecule has 0 aliphatic carbocycles. The molecule has 19 heavy (non-hydrogen) atoms. The monoisotopic (exact) mass is 282 g/mol. The van der Waals surface area contributed by atoms with Crippen molar-refractivity contribution in [2.45, 2.75) is 46.6 Å². The van der Waals surface area contributed by atoms with Crippen molar-refractivity contribution in [2.75, 3.05) is 5.73 Å². The van der Waals surface area contributed by atoms with E-state index < -0.39 is 0 Å². The Balaban J connectivity index is 2.87. The molecule has 0 heterocycles. The van der Waals surface area contributed by atoms with Crippen LogP contribution in [0.15, 0.2) is 18.2 Å². The van der Waals surface area contributed by atoms with Crippen LogP contribution in [0, 0.1) is 5.41 Å². The molecule has 0 saturated heterocycles. The van der Waals surface area contributed by atoms with Gasteiger partial charge in [0.2, 0.25) is 0 Å². The molecule has 3 N–H and O–H groups in total. The largest absolute Gasteiger partial charge is 0.398 e. The highest BCUT2D eigenvalue weighted by Crippen LogP contribution is 2.27. The number of carbonyl (C=O) groups excluding carboxylic acids is 1. The minimum atomic E-state index is -0.301. The highest BCUT2D eigenvalue weighted by Gasteiger charge is 2.27. The topological polar surface area (TPSA) is 55.1 Å². The van der Waals surface area contributed by atoms with Gasteiger partial charge in [0.05, 0.1) is 5.56 Å². The molecule has 0 bridgehead atoms. The average Bonchev–Trinajstić information content (AvgIpc) is 2.16. The number of nitrogens with two attached hydrogens (primary N) is 1. The number of amides is 1. The molecular formula is C15H23ClN2O. The summed E-state index contributed by atoms with van der Waals surface area (Å²) < 4.78 is 0. The summed E-state index contributed by atoms with van der Waals surface area (Å²) in [5.41, 5.74) is 6.51. The van der Waals surface area contributed by atoms with E-state index in [4.69, 9.17) is 17.3 Å². The van der Waals surface area contributed by atoms with Gasteiger partial charge in [-0.2, -0.15) is 0 Å². The van der Waals surface area contributed by atoms with Crippen molar-refractivity contribution < 1.29 is 4.79 Å². The van der Waals surface area contributed by atoms with E-state index in [2.05, 4.69) is 26.1 Å². The quantitative estimate of drug-likeness (QED) is 0.827. The maximum atomic E-state index is 12.3. The number of anilines is 1. The van der Waals surface area contributed by atoms with Gasteiger partial charge in [-0.05, 0) is 43.9 Å². The second kappa shape index (κ2) is 5.41. The first-order valence-corrected chi connectivity index (χ1v) is 6.75. The van der Waals surface area contributed by atoms with Gasteiger partial charge in [-0.25, -0.2) is 0 Å². The van der Waals surface area contributed by atoms with Gasteiger partial charge in [-0.1, -0.05) is 32.4 Å². The SMILES string of the molecule is CC(C)(C)CC(C)(C)NC(=O)c1cc(Cl)ccc1N. The van der Waals surface area contributed by atoms with E-state index in [0.717, 1.165) is 6.42 Å². The Morgan fingerprint density at radius 2 is 1.84 bits per heavy atom. The van der Waals surface area contributed by atoms with Crippen molar-refractivity contribution in [1.29, 1.82) is 0 Å². The number of nitrogen functional groups attached to an aromatic ring is 1. The molecule has 0 unspecified atom stereocenters. The van der Waals surface area contributed by atoms with Gasteiger partial charge in [0.25, 0.3) is 5.91 Å². The van der Waals surface area contributed by atoms with Crippen LogP contribution in [0.4, 0.5) is 5.69 Å². The predicted molar refractivity (Wildman–Crippen MR) is 81.5 cm³/mol.